The van der Waals surface area contributed by atoms with E-state index in [9.17, 15) is 9.59 Å². The summed E-state index contributed by atoms with van der Waals surface area (Å²) in [4.78, 5) is 32.0. The number of hydrogen-bond donors (Lipinski definition) is 0. The average molecular weight is 465 g/mol. The first-order valence-electron chi connectivity index (χ1n) is 11.2. The quantitative estimate of drug-likeness (QED) is 0.434. The molecule has 6 nitrogen and oxygen atoms in total. The second-order valence-electron chi connectivity index (χ2n) is 8.47. The molecule has 1 aromatic heterocycles. The molecule has 0 bridgehead atoms. The maximum absolute atomic E-state index is 12.8. The average Bonchev–Trinajstić information content (AvgIpc) is 3.28. The molecule has 2 aromatic carbocycles. The third-order valence-electron chi connectivity index (χ3n) is 5.41. The lowest BCUT2D eigenvalue weighted by atomic mass is 10.1. The molecule has 172 valence electrons. The third-order valence-corrected chi connectivity index (χ3v) is 6.26. The van der Waals surface area contributed by atoms with Gasteiger partial charge < -0.3 is 9.47 Å². The lowest BCUT2D eigenvalue weighted by Gasteiger charge is -2.34. The minimum absolute atomic E-state index is 0.0990. The molecule has 0 aliphatic carbocycles. The van der Waals surface area contributed by atoms with E-state index in [1.807, 2.05) is 62.5 Å². The maximum Gasteiger partial charge on any atom is 0.329 e. The molecule has 1 amide bonds. The SMILES string of the molecule is CCC(C(=O)OCC(C)C)N1C(=O)COc2ccc(-c3csc(Cc4ccccc4)n3)cc21. The van der Waals surface area contributed by atoms with Crippen LogP contribution in [0.4, 0.5) is 5.69 Å². The number of aromatic nitrogens is 1. The topological polar surface area (TPSA) is 68.7 Å². The molecule has 0 spiro atoms. The molecular weight excluding hydrogens is 436 g/mol. The fraction of sp³-hybridized carbons (Fsp3) is 0.346. The first-order chi connectivity index (χ1) is 16.0. The summed E-state index contributed by atoms with van der Waals surface area (Å²) in [6, 6.07) is 15.2. The molecule has 1 atom stereocenters. The third kappa shape index (κ3) is 5.25. The number of amides is 1. The van der Waals surface area contributed by atoms with Crippen LogP contribution < -0.4 is 9.64 Å². The highest BCUT2D eigenvalue weighted by Gasteiger charge is 2.36. The molecule has 0 saturated carbocycles. The van der Waals surface area contributed by atoms with E-state index in [2.05, 4.69) is 12.1 Å². The lowest BCUT2D eigenvalue weighted by Crippen LogP contribution is -2.50. The van der Waals surface area contributed by atoms with E-state index in [0.29, 0.717) is 24.5 Å². The number of ether oxygens (including phenoxy) is 2. The molecule has 7 heteroatoms. The minimum atomic E-state index is -0.696. The van der Waals surface area contributed by atoms with Crippen molar-refractivity contribution in [3.8, 4) is 17.0 Å². The van der Waals surface area contributed by atoms with Gasteiger partial charge in [-0.2, -0.15) is 0 Å². The van der Waals surface area contributed by atoms with E-state index in [-0.39, 0.29) is 18.4 Å². The van der Waals surface area contributed by atoms with E-state index in [0.717, 1.165) is 22.7 Å². The summed E-state index contributed by atoms with van der Waals surface area (Å²) in [7, 11) is 0. The van der Waals surface area contributed by atoms with E-state index in [4.69, 9.17) is 14.5 Å². The van der Waals surface area contributed by atoms with Gasteiger partial charge in [0.25, 0.3) is 5.91 Å². The Kier molecular flexibility index (Phi) is 7.08. The zero-order chi connectivity index (χ0) is 23.4. The van der Waals surface area contributed by atoms with Crippen molar-refractivity contribution in [1.82, 2.24) is 4.98 Å². The summed E-state index contributed by atoms with van der Waals surface area (Å²) in [5.74, 6) is 0.154. The molecule has 0 fully saturated rings. The van der Waals surface area contributed by atoms with Crippen molar-refractivity contribution in [3.05, 3.63) is 64.5 Å². The van der Waals surface area contributed by atoms with E-state index >= 15 is 0 Å². The lowest BCUT2D eigenvalue weighted by molar-refractivity contribution is -0.147. The fourth-order valence-corrected chi connectivity index (χ4v) is 4.60. The van der Waals surface area contributed by atoms with Crippen LogP contribution >= 0.6 is 11.3 Å². The summed E-state index contributed by atoms with van der Waals surface area (Å²) >= 11 is 1.61. The van der Waals surface area contributed by atoms with Gasteiger partial charge >= 0.3 is 5.97 Å². The van der Waals surface area contributed by atoms with Crippen molar-refractivity contribution in [3.63, 3.8) is 0 Å². The van der Waals surface area contributed by atoms with Crippen LogP contribution in [0.25, 0.3) is 11.3 Å². The molecule has 1 aliphatic heterocycles. The number of anilines is 1. The Labute approximate surface area is 198 Å². The fourth-order valence-electron chi connectivity index (χ4n) is 3.77. The Morgan fingerprint density at radius 3 is 2.73 bits per heavy atom. The van der Waals surface area contributed by atoms with Crippen molar-refractivity contribution < 1.29 is 19.1 Å². The standard InChI is InChI=1S/C26H28N2O4S/c1-4-21(26(30)32-14-17(2)3)28-22-13-19(10-11-23(22)31-15-25(28)29)20-16-33-24(27-20)12-18-8-6-5-7-9-18/h5-11,13,16-17,21H,4,12,14-15H2,1-3H3. The van der Waals surface area contributed by atoms with Crippen LogP contribution in [-0.4, -0.2) is 36.1 Å². The smallest absolute Gasteiger partial charge is 0.329 e. The predicted octanol–water partition coefficient (Wildman–Crippen LogP) is 5.10. The minimum Gasteiger partial charge on any atom is -0.482 e. The molecule has 2 heterocycles. The van der Waals surface area contributed by atoms with Crippen molar-refractivity contribution in [2.24, 2.45) is 5.92 Å². The van der Waals surface area contributed by atoms with Gasteiger partial charge in [-0.05, 0) is 36.1 Å². The van der Waals surface area contributed by atoms with Crippen LogP contribution in [0.15, 0.2) is 53.9 Å². The number of carbonyl (C=O) groups excluding carboxylic acids is 2. The van der Waals surface area contributed by atoms with Gasteiger partial charge in [0.05, 0.1) is 23.0 Å². The van der Waals surface area contributed by atoms with Crippen LogP contribution in [0.2, 0.25) is 0 Å². The van der Waals surface area contributed by atoms with E-state index in [1.165, 1.54) is 10.5 Å². The number of nitrogens with zero attached hydrogens (tertiary/aromatic N) is 2. The maximum atomic E-state index is 12.8. The highest BCUT2D eigenvalue weighted by atomic mass is 32.1. The molecule has 4 rings (SSSR count). The van der Waals surface area contributed by atoms with Crippen LogP contribution in [0.1, 0.15) is 37.8 Å². The second-order valence-corrected chi connectivity index (χ2v) is 9.41. The van der Waals surface area contributed by atoms with Gasteiger partial charge in [0.1, 0.15) is 11.8 Å². The molecule has 0 N–H and O–H groups in total. The van der Waals surface area contributed by atoms with Crippen molar-refractivity contribution in [1.29, 1.82) is 0 Å². The Balaban J connectivity index is 1.61. The largest absolute Gasteiger partial charge is 0.482 e. The summed E-state index contributed by atoms with van der Waals surface area (Å²) in [5.41, 5.74) is 3.49. The van der Waals surface area contributed by atoms with Gasteiger partial charge in [-0.25, -0.2) is 9.78 Å². The van der Waals surface area contributed by atoms with Gasteiger partial charge in [-0.1, -0.05) is 51.1 Å². The molecule has 0 saturated heterocycles. The van der Waals surface area contributed by atoms with E-state index in [1.54, 1.807) is 11.3 Å². The number of thiazole rings is 1. The summed E-state index contributed by atoms with van der Waals surface area (Å²) in [6.07, 6.45) is 1.22. The van der Waals surface area contributed by atoms with Crippen LogP contribution in [0.5, 0.6) is 5.75 Å². The molecule has 1 aliphatic rings. The van der Waals surface area contributed by atoms with Crippen LogP contribution in [0.3, 0.4) is 0 Å². The Morgan fingerprint density at radius 2 is 2.00 bits per heavy atom. The molecule has 33 heavy (non-hydrogen) atoms. The number of benzene rings is 2. The second kappa shape index (κ2) is 10.2. The first kappa shape index (κ1) is 23.0. The van der Waals surface area contributed by atoms with Gasteiger partial charge in [-0.3, -0.25) is 9.69 Å². The molecule has 1 unspecified atom stereocenters. The highest BCUT2D eigenvalue weighted by molar-refractivity contribution is 7.10. The number of esters is 1. The van der Waals surface area contributed by atoms with Crippen LogP contribution in [-0.2, 0) is 20.7 Å². The zero-order valence-electron chi connectivity index (χ0n) is 19.1. The van der Waals surface area contributed by atoms with Gasteiger partial charge in [0.15, 0.2) is 6.61 Å². The summed E-state index contributed by atoms with van der Waals surface area (Å²) in [5, 5.41) is 3.03. The van der Waals surface area contributed by atoms with Gasteiger partial charge in [0.2, 0.25) is 0 Å². The molecular formula is C26H28N2O4S. The Morgan fingerprint density at radius 1 is 1.21 bits per heavy atom. The Bertz CT molecular complexity index is 1130. The van der Waals surface area contributed by atoms with E-state index < -0.39 is 12.0 Å². The van der Waals surface area contributed by atoms with Crippen molar-refractivity contribution in [2.45, 2.75) is 39.7 Å². The van der Waals surface area contributed by atoms with Crippen LogP contribution in [0, 0.1) is 5.92 Å². The van der Waals surface area contributed by atoms with Crippen molar-refractivity contribution in [2.75, 3.05) is 18.1 Å². The van der Waals surface area contributed by atoms with Crippen molar-refractivity contribution >= 4 is 28.9 Å². The number of hydrogen-bond acceptors (Lipinski definition) is 6. The molecule has 0 radical (unpaired) electrons. The monoisotopic (exact) mass is 464 g/mol. The highest BCUT2D eigenvalue weighted by Crippen LogP contribution is 2.38. The molecule has 3 aromatic rings. The number of rotatable bonds is 8. The predicted molar refractivity (Wildman–Crippen MR) is 130 cm³/mol. The van der Waals surface area contributed by atoms with Gasteiger partial charge in [0, 0.05) is 17.4 Å². The van der Waals surface area contributed by atoms with Gasteiger partial charge in [-0.15, -0.1) is 11.3 Å². The normalized spacial score (nSPS) is 14.1. The summed E-state index contributed by atoms with van der Waals surface area (Å²) < 4.78 is 11.1. The zero-order valence-corrected chi connectivity index (χ0v) is 19.9. The number of carbonyl (C=O) groups is 2. The first-order valence-corrected chi connectivity index (χ1v) is 12.1. The number of fused-ring (bicyclic) bond motifs is 1. The summed E-state index contributed by atoms with van der Waals surface area (Å²) in [6.45, 7) is 6.07. The Hall–Kier alpha value is -3.19.